The Morgan fingerprint density at radius 2 is 1.50 bits per heavy atom. The Kier molecular flexibility index (Phi) is 7.48. The highest BCUT2D eigenvalue weighted by atomic mass is 32.2. The van der Waals surface area contributed by atoms with Crippen LogP contribution in [-0.2, 0) is 5.75 Å². The van der Waals surface area contributed by atoms with Gasteiger partial charge in [-0.05, 0) is 50.1 Å². The number of aryl methyl sites for hydroxylation is 2. The number of hydrogen-bond acceptors (Lipinski definition) is 4. The Balaban J connectivity index is 1.58. The minimum atomic E-state index is 0.0582. The van der Waals surface area contributed by atoms with Gasteiger partial charge in [0.05, 0.1) is 0 Å². The van der Waals surface area contributed by atoms with Crippen LogP contribution in [-0.4, -0.2) is 39.2 Å². The zero-order valence-corrected chi connectivity index (χ0v) is 21.0. The Hall–Kier alpha value is -3.38. The van der Waals surface area contributed by atoms with E-state index in [2.05, 4.69) is 84.1 Å². The first kappa shape index (κ1) is 23.8. The van der Waals surface area contributed by atoms with Crippen LogP contribution in [0.2, 0.25) is 0 Å². The van der Waals surface area contributed by atoms with Crippen LogP contribution in [0, 0.1) is 13.8 Å². The van der Waals surface area contributed by atoms with Crippen LogP contribution in [0.4, 0.5) is 0 Å². The second-order valence-corrected chi connectivity index (χ2v) is 9.50. The van der Waals surface area contributed by atoms with E-state index in [1.807, 2.05) is 31.3 Å². The summed E-state index contributed by atoms with van der Waals surface area (Å²) in [5.41, 5.74) is 6.34. The van der Waals surface area contributed by atoms with Crippen molar-refractivity contribution in [3.8, 4) is 17.1 Å². The summed E-state index contributed by atoms with van der Waals surface area (Å²) in [4.78, 5) is 14.3. The molecule has 0 radical (unpaired) electrons. The van der Waals surface area contributed by atoms with E-state index in [9.17, 15) is 4.79 Å². The third-order valence-corrected chi connectivity index (χ3v) is 6.71. The van der Waals surface area contributed by atoms with E-state index in [0.717, 1.165) is 46.5 Å². The molecule has 0 N–H and O–H groups in total. The van der Waals surface area contributed by atoms with Crippen LogP contribution in [0.1, 0.15) is 40.4 Å². The summed E-state index contributed by atoms with van der Waals surface area (Å²) in [6.45, 7) is 7.00. The minimum absolute atomic E-state index is 0.0582. The lowest BCUT2D eigenvalue weighted by molar-refractivity contribution is 0.0795. The number of aromatic nitrogens is 3. The van der Waals surface area contributed by atoms with Crippen molar-refractivity contribution < 1.29 is 4.79 Å². The zero-order valence-electron chi connectivity index (χ0n) is 20.2. The van der Waals surface area contributed by atoms with Gasteiger partial charge in [0, 0.05) is 36.2 Å². The lowest BCUT2D eigenvalue weighted by Crippen LogP contribution is -2.27. The second kappa shape index (κ2) is 10.7. The molecule has 1 heterocycles. The molecule has 0 aliphatic rings. The van der Waals surface area contributed by atoms with Crippen molar-refractivity contribution in [1.82, 2.24) is 19.7 Å². The summed E-state index contributed by atoms with van der Waals surface area (Å²) >= 11 is 1.64. The molecule has 0 saturated heterocycles. The van der Waals surface area contributed by atoms with Crippen LogP contribution >= 0.6 is 11.8 Å². The van der Waals surface area contributed by atoms with Gasteiger partial charge in [-0.1, -0.05) is 78.3 Å². The van der Waals surface area contributed by atoms with Crippen molar-refractivity contribution in [1.29, 1.82) is 0 Å². The van der Waals surface area contributed by atoms with Gasteiger partial charge in [0.2, 0.25) is 0 Å². The highest BCUT2D eigenvalue weighted by Crippen LogP contribution is 2.30. The summed E-state index contributed by atoms with van der Waals surface area (Å²) in [6, 6.07) is 24.6. The minimum Gasteiger partial charge on any atom is -0.342 e. The maximum atomic E-state index is 12.5. The van der Waals surface area contributed by atoms with Gasteiger partial charge in [0.25, 0.3) is 5.91 Å². The summed E-state index contributed by atoms with van der Waals surface area (Å²) in [6.07, 6.45) is 0.948. The predicted octanol–water partition coefficient (Wildman–Crippen LogP) is 6.33. The highest BCUT2D eigenvalue weighted by Gasteiger charge is 2.17. The van der Waals surface area contributed by atoms with Crippen molar-refractivity contribution in [3.63, 3.8) is 0 Å². The largest absolute Gasteiger partial charge is 0.342 e. The van der Waals surface area contributed by atoms with Gasteiger partial charge in [-0.15, -0.1) is 10.2 Å². The quantitative estimate of drug-likeness (QED) is 0.283. The molecule has 0 saturated carbocycles. The summed E-state index contributed by atoms with van der Waals surface area (Å²) in [7, 11) is 1.85. The molecule has 0 spiro atoms. The Labute approximate surface area is 205 Å². The van der Waals surface area contributed by atoms with Crippen molar-refractivity contribution in [2.75, 3.05) is 13.6 Å². The molecule has 4 rings (SSSR count). The topological polar surface area (TPSA) is 51.0 Å². The number of benzene rings is 3. The third-order valence-electron chi connectivity index (χ3n) is 5.71. The SMILES string of the molecule is CCCN(C)C(=O)c1ccc(CSc2nnc(-c3ccc(C)cc3)n2-c2ccc(C)cc2)cc1. The number of hydrogen-bond donors (Lipinski definition) is 0. The van der Waals surface area contributed by atoms with E-state index in [0.29, 0.717) is 5.56 Å². The van der Waals surface area contributed by atoms with E-state index in [1.165, 1.54) is 11.1 Å². The summed E-state index contributed by atoms with van der Waals surface area (Å²) < 4.78 is 2.12. The molecule has 34 heavy (non-hydrogen) atoms. The van der Waals surface area contributed by atoms with Gasteiger partial charge in [0.1, 0.15) is 0 Å². The van der Waals surface area contributed by atoms with Crippen LogP contribution in [0.3, 0.4) is 0 Å². The van der Waals surface area contributed by atoms with Gasteiger partial charge in [-0.2, -0.15) is 0 Å². The molecule has 1 amide bonds. The fourth-order valence-corrected chi connectivity index (χ4v) is 4.64. The number of carbonyl (C=O) groups is 1. The molecule has 6 heteroatoms. The molecule has 5 nitrogen and oxygen atoms in total. The molecule has 3 aromatic carbocycles. The number of carbonyl (C=O) groups excluding carboxylic acids is 1. The predicted molar refractivity (Wildman–Crippen MR) is 140 cm³/mol. The van der Waals surface area contributed by atoms with E-state index in [4.69, 9.17) is 0 Å². The van der Waals surface area contributed by atoms with Crippen LogP contribution < -0.4 is 0 Å². The van der Waals surface area contributed by atoms with Crippen molar-refractivity contribution in [2.24, 2.45) is 0 Å². The monoisotopic (exact) mass is 470 g/mol. The molecule has 4 aromatic rings. The Morgan fingerprint density at radius 3 is 2.12 bits per heavy atom. The van der Waals surface area contributed by atoms with Crippen LogP contribution in [0.15, 0.2) is 78.0 Å². The van der Waals surface area contributed by atoms with Gasteiger partial charge in [-0.3, -0.25) is 9.36 Å². The summed E-state index contributed by atoms with van der Waals surface area (Å²) in [5, 5.41) is 9.91. The van der Waals surface area contributed by atoms with Crippen molar-refractivity contribution in [3.05, 3.63) is 95.1 Å². The van der Waals surface area contributed by atoms with Gasteiger partial charge >= 0.3 is 0 Å². The van der Waals surface area contributed by atoms with E-state index < -0.39 is 0 Å². The Morgan fingerprint density at radius 1 is 0.882 bits per heavy atom. The lowest BCUT2D eigenvalue weighted by atomic mass is 10.1. The molecule has 0 atom stereocenters. The van der Waals surface area contributed by atoms with Gasteiger partial charge < -0.3 is 4.90 Å². The average molecular weight is 471 g/mol. The maximum absolute atomic E-state index is 12.5. The van der Waals surface area contributed by atoms with E-state index in [1.54, 1.807) is 16.7 Å². The molecule has 0 aliphatic carbocycles. The first-order valence-electron chi connectivity index (χ1n) is 11.5. The molecular weight excluding hydrogens is 440 g/mol. The summed E-state index contributed by atoms with van der Waals surface area (Å²) in [5.74, 6) is 1.62. The number of nitrogens with zero attached hydrogens (tertiary/aromatic N) is 4. The first-order valence-corrected chi connectivity index (χ1v) is 12.5. The van der Waals surface area contributed by atoms with Crippen molar-refractivity contribution >= 4 is 17.7 Å². The van der Waals surface area contributed by atoms with Crippen LogP contribution in [0.25, 0.3) is 17.1 Å². The molecule has 0 aliphatic heterocycles. The standard InChI is InChI=1S/C28H30N4OS/c1-5-18-31(4)27(33)24-14-10-22(11-15-24)19-34-28-30-29-26(23-12-6-20(2)7-13-23)32(28)25-16-8-21(3)9-17-25/h6-17H,5,18-19H2,1-4H3. The molecule has 0 bridgehead atoms. The first-order chi connectivity index (χ1) is 16.5. The normalized spacial score (nSPS) is 10.9. The van der Waals surface area contributed by atoms with Crippen LogP contribution in [0.5, 0.6) is 0 Å². The highest BCUT2D eigenvalue weighted by molar-refractivity contribution is 7.98. The smallest absolute Gasteiger partial charge is 0.253 e. The third kappa shape index (κ3) is 5.39. The number of amides is 1. The maximum Gasteiger partial charge on any atom is 0.253 e. The number of thioether (sulfide) groups is 1. The fourth-order valence-electron chi connectivity index (χ4n) is 3.73. The van der Waals surface area contributed by atoms with Crippen molar-refractivity contribution in [2.45, 2.75) is 38.1 Å². The molecule has 174 valence electrons. The Bertz CT molecular complexity index is 1250. The molecule has 1 aromatic heterocycles. The molecule has 0 unspecified atom stereocenters. The average Bonchev–Trinajstić information content (AvgIpc) is 3.27. The fraction of sp³-hybridized carbons (Fsp3) is 0.250. The van der Waals surface area contributed by atoms with E-state index in [-0.39, 0.29) is 5.91 Å². The van der Waals surface area contributed by atoms with E-state index >= 15 is 0 Å². The van der Waals surface area contributed by atoms with Gasteiger partial charge in [0.15, 0.2) is 11.0 Å². The zero-order chi connectivity index (χ0) is 24.1. The lowest BCUT2D eigenvalue weighted by Gasteiger charge is -2.16. The molecule has 0 fully saturated rings. The van der Waals surface area contributed by atoms with Gasteiger partial charge in [-0.25, -0.2) is 0 Å². The number of rotatable bonds is 8. The second-order valence-electron chi connectivity index (χ2n) is 8.56. The molecular formula is C28H30N4OS.